The van der Waals surface area contributed by atoms with Gasteiger partial charge in [-0.05, 0) is 39.5 Å². The van der Waals surface area contributed by atoms with Crippen molar-refractivity contribution in [1.82, 2.24) is 10.6 Å². The molecule has 0 fully saturated rings. The smallest absolute Gasteiger partial charge is 0.407 e. The third kappa shape index (κ3) is 12.4. The fourth-order valence-corrected chi connectivity index (χ4v) is 1.90. The van der Waals surface area contributed by atoms with Crippen molar-refractivity contribution in [2.45, 2.75) is 72.4 Å². The van der Waals surface area contributed by atoms with Crippen molar-refractivity contribution in [2.75, 3.05) is 13.1 Å². The molecule has 0 radical (unpaired) electrons. The van der Waals surface area contributed by atoms with Gasteiger partial charge >= 0.3 is 6.09 Å². The van der Waals surface area contributed by atoms with E-state index in [9.17, 15) is 4.79 Å². The topological polar surface area (TPSA) is 50.4 Å². The van der Waals surface area contributed by atoms with Crippen LogP contribution in [0.25, 0.3) is 0 Å². The molecule has 124 valence electrons. The van der Waals surface area contributed by atoms with Gasteiger partial charge in [0.15, 0.2) is 0 Å². The van der Waals surface area contributed by atoms with E-state index in [0.29, 0.717) is 12.6 Å². The fraction of sp³-hybridized carbons (Fsp3) is 0.824. The summed E-state index contributed by atoms with van der Waals surface area (Å²) >= 11 is 0. The number of rotatable bonds is 9. The highest BCUT2D eigenvalue weighted by Gasteiger charge is 2.15. The molecule has 2 N–H and O–H groups in total. The van der Waals surface area contributed by atoms with Gasteiger partial charge in [0.25, 0.3) is 0 Å². The molecular formula is C17H34N2O2. The predicted molar refractivity (Wildman–Crippen MR) is 89.5 cm³/mol. The molecule has 21 heavy (non-hydrogen) atoms. The molecular weight excluding hydrogens is 264 g/mol. The second-order valence-electron chi connectivity index (χ2n) is 6.62. The summed E-state index contributed by atoms with van der Waals surface area (Å²) in [5.74, 6) is 0.764. The Hall–Kier alpha value is -1.03. The van der Waals surface area contributed by atoms with Crippen LogP contribution < -0.4 is 10.6 Å². The standard InChI is InChI=1S/C17H34N2O2/c1-7-14(3)13-15(8-2)18-11-9-10-12-19-16(20)21-17(4,5)6/h9-10,14-15,18H,7-8,11-13H2,1-6H3,(H,19,20)/b10-9+. The second kappa shape index (κ2) is 10.7. The van der Waals surface area contributed by atoms with Crippen molar-refractivity contribution >= 4 is 6.09 Å². The molecule has 4 nitrogen and oxygen atoms in total. The van der Waals surface area contributed by atoms with Gasteiger partial charge in [0.2, 0.25) is 0 Å². The van der Waals surface area contributed by atoms with Crippen LogP contribution in [0.2, 0.25) is 0 Å². The summed E-state index contributed by atoms with van der Waals surface area (Å²) < 4.78 is 5.16. The average Bonchev–Trinajstić information content (AvgIpc) is 2.38. The van der Waals surface area contributed by atoms with E-state index in [2.05, 4.69) is 37.5 Å². The normalized spacial score (nSPS) is 15.0. The van der Waals surface area contributed by atoms with Crippen LogP contribution in [0.15, 0.2) is 12.2 Å². The van der Waals surface area contributed by atoms with Crippen LogP contribution in [0.5, 0.6) is 0 Å². The molecule has 0 aliphatic rings. The number of nitrogens with one attached hydrogen (secondary N) is 2. The summed E-state index contributed by atoms with van der Waals surface area (Å²) in [6.07, 6.45) is 7.23. The minimum atomic E-state index is -0.445. The molecule has 4 heteroatoms. The lowest BCUT2D eigenvalue weighted by Crippen LogP contribution is -2.32. The van der Waals surface area contributed by atoms with Crippen molar-refractivity contribution in [3.8, 4) is 0 Å². The van der Waals surface area contributed by atoms with E-state index >= 15 is 0 Å². The lowest BCUT2D eigenvalue weighted by Gasteiger charge is -2.19. The average molecular weight is 298 g/mol. The van der Waals surface area contributed by atoms with Gasteiger partial charge in [0.05, 0.1) is 0 Å². The molecule has 0 spiro atoms. The van der Waals surface area contributed by atoms with E-state index in [-0.39, 0.29) is 6.09 Å². The highest BCUT2D eigenvalue weighted by Crippen LogP contribution is 2.11. The molecule has 0 aromatic rings. The number of hydrogen-bond donors (Lipinski definition) is 2. The summed E-state index contributed by atoms with van der Waals surface area (Å²) in [6, 6.07) is 0.573. The SMILES string of the molecule is CCC(C)CC(CC)NC/C=C/CNC(=O)OC(C)(C)C. The molecule has 0 heterocycles. The second-order valence-corrected chi connectivity index (χ2v) is 6.62. The van der Waals surface area contributed by atoms with E-state index in [0.717, 1.165) is 18.9 Å². The lowest BCUT2D eigenvalue weighted by atomic mass is 9.98. The maximum Gasteiger partial charge on any atom is 0.407 e. The van der Waals surface area contributed by atoms with Crippen LogP contribution in [0.3, 0.4) is 0 Å². The molecule has 0 rings (SSSR count). The van der Waals surface area contributed by atoms with Crippen LogP contribution in [-0.2, 0) is 4.74 Å². The summed E-state index contributed by atoms with van der Waals surface area (Å²) in [7, 11) is 0. The van der Waals surface area contributed by atoms with Crippen molar-refractivity contribution in [1.29, 1.82) is 0 Å². The maximum atomic E-state index is 11.4. The van der Waals surface area contributed by atoms with Gasteiger partial charge in [-0.15, -0.1) is 0 Å². The number of ether oxygens (including phenoxy) is 1. The highest BCUT2D eigenvalue weighted by atomic mass is 16.6. The van der Waals surface area contributed by atoms with Gasteiger partial charge in [-0.3, -0.25) is 0 Å². The van der Waals surface area contributed by atoms with Crippen LogP contribution in [0, 0.1) is 5.92 Å². The van der Waals surface area contributed by atoms with Crippen molar-refractivity contribution < 1.29 is 9.53 Å². The first-order valence-electron chi connectivity index (χ1n) is 8.13. The van der Waals surface area contributed by atoms with Crippen molar-refractivity contribution in [3.05, 3.63) is 12.2 Å². The summed E-state index contributed by atoms with van der Waals surface area (Å²) in [4.78, 5) is 11.4. The molecule has 0 aliphatic heterocycles. The van der Waals surface area contributed by atoms with E-state index in [1.165, 1.54) is 12.8 Å². The third-order valence-corrected chi connectivity index (χ3v) is 3.33. The van der Waals surface area contributed by atoms with Crippen LogP contribution in [0.4, 0.5) is 4.79 Å². The fourth-order valence-electron chi connectivity index (χ4n) is 1.90. The number of carbonyl (C=O) groups excluding carboxylic acids is 1. The minimum Gasteiger partial charge on any atom is -0.444 e. The van der Waals surface area contributed by atoms with Crippen LogP contribution >= 0.6 is 0 Å². The maximum absolute atomic E-state index is 11.4. The van der Waals surface area contributed by atoms with Crippen molar-refractivity contribution in [2.24, 2.45) is 5.92 Å². The first kappa shape index (κ1) is 20.0. The van der Waals surface area contributed by atoms with Gasteiger partial charge in [-0.25, -0.2) is 4.79 Å². The van der Waals surface area contributed by atoms with Crippen LogP contribution in [0.1, 0.15) is 60.8 Å². The summed E-state index contributed by atoms with van der Waals surface area (Å²) in [5.41, 5.74) is -0.445. The van der Waals surface area contributed by atoms with Gasteiger partial charge in [0, 0.05) is 19.1 Å². The Bertz CT molecular complexity index is 308. The van der Waals surface area contributed by atoms with E-state index in [1.807, 2.05) is 26.8 Å². The molecule has 0 bridgehead atoms. The Morgan fingerprint density at radius 2 is 1.76 bits per heavy atom. The molecule has 0 aromatic heterocycles. The Labute approximate surface area is 130 Å². The molecule has 0 saturated carbocycles. The zero-order valence-electron chi connectivity index (χ0n) is 14.7. The molecule has 2 atom stereocenters. The lowest BCUT2D eigenvalue weighted by molar-refractivity contribution is 0.0534. The Kier molecular flexibility index (Phi) is 10.1. The minimum absolute atomic E-state index is 0.372. The Morgan fingerprint density at radius 1 is 1.14 bits per heavy atom. The van der Waals surface area contributed by atoms with E-state index < -0.39 is 5.60 Å². The number of carbonyl (C=O) groups is 1. The summed E-state index contributed by atoms with van der Waals surface area (Å²) in [5, 5.41) is 6.24. The highest BCUT2D eigenvalue weighted by molar-refractivity contribution is 5.67. The predicted octanol–water partition coefficient (Wildman–Crippen LogP) is 3.87. The molecule has 1 amide bonds. The van der Waals surface area contributed by atoms with E-state index in [1.54, 1.807) is 0 Å². The first-order valence-corrected chi connectivity index (χ1v) is 8.13. The Morgan fingerprint density at radius 3 is 2.29 bits per heavy atom. The number of amides is 1. The van der Waals surface area contributed by atoms with Crippen molar-refractivity contribution in [3.63, 3.8) is 0 Å². The van der Waals surface area contributed by atoms with Gasteiger partial charge in [-0.1, -0.05) is 39.3 Å². The number of hydrogen-bond acceptors (Lipinski definition) is 3. The zero-order valence-corrected chi connectivity index (χ0v) is 14.7. The third-order valence-electron chi connectivity index (χ3n) is 3.33. The first-order chi connectivity index (χ1) is 9.78. The summed E-state index contributed by atoms with van der Waals surface area (Å²) in [6.45, 7) is 13.7. The largest absolute Gasteiger partial charge is 0.444 e. The van der Waals surface area contributed by atoms with Gasteiger partial charge in [0.1, 0.15) is 5.60 Å². The Balaban J connectivity index is 3.79. The molecule has 0 aliphatic carbocycles. The van der Waals surface area contributed by atoms with Gasteiger partial charge in [-0.2, -0.15) is 0 Å². The quantitative estimate of drug-likeness (QED) is 0.635. The van der Waals surface area contributed by atoms with Gasteiger partial charge < -0.3 is 15.4 Å². The zero-order chi connectivity index (χ0) is 16.3. The molecule has 0 saturated heterocycles. The monoisotopic (exact) mass is 298 g/mol. The van der Waals surface area contributed by atoms with E-state index in [4.69, 9.17) is 4.74 Å². The molecule has 2 unspecified atom stereocenters. The number of alkyl carbamates (subject to hydrolysis) is 1. The van der Waals surface area contributed by atoms with Crippen LogP contribution in [-0.4, -0.2) is 30.8 Å². The molecule has 0 aromatic carbocycles.